The van der Waals surface area contributed by atoms with Gasteiger partial charge in [-0.25, -0.2) is 9.97 Å². The summed E-state index contributed by atoms with van der Waals surface area (Å²) in [5.41, 5.74) is 2.22. The highest BCUT2D eigenvalue weighted by Gasteiger charge is 2.27. The summed E-state index contributed by atoms with van der Waals surface area (Å²) >= 11 is 3.61. The normalized spacial score (nSPS) is 14.2. The van der Waals surface area contributed by atoms with Crippen LogP contribution in [-0.4, -0.2) is 17.0 Å². The van der Waals surface area contributed by atoms with Gasteiger partial charge in [-0.1, -0.05) is 12.1 Å². The first-order valence-electron chi connectivity index (χ1n) is 6.76. The van der Waals surface area contributed by atoms with Gasteiger partial charge in [-0.2, -0.15) is 0 Å². The van der Waals surface area contributed by atoms with Crippen molar-refractivity contribution >= 4 is 33.3 Å². The first-order chi connectivity index (χ1) is 9.67. The molecule has 104 valence electrons. The third kappa shape index (κ3) is 2.77. The van der Waals surface area contributed by atoms with Gasteiger partial charge in [0.1, 0.15) is 17.5 Å². The van der Waals surface area contributed by atoms with Gasteiger partial charge in [-0.15, -0.1) is 0 Å². The highest BCUT2D eigenvalue weighted by molar-refractivity contribution is 9.10. The second-order valence-corrected chi connectivity index (χ2v) is 5.88. The molecule has 4 nitrogen and oxygen atoms in total. The molecule has 0 amide bonds. The lowest BCUT2D eigenvalue weighted by molar-refractivity contribution is 0.932. The maximum absolute atomic E-state index is 4.63. The second kappa shape index (κ2) is 5.40. The van der Waals surface area contributed by atoms with Gasteiger partial charge in [-0.3, -0.25) is 0 Å². The lowest BCUT2D eigenvalue weighted by atomic mass is 10.2. The highest BCUT2D eigenvalue weighted by atomic mass is 79.9. The summed E-state index contributed by atoms with van der Waals surface area (Å²) in [4.78, 5) is 9.15. The molecule has 2 aromatic rings. The topological polar surface area (TPSA) is 49.8 Å². The number of halogens is 1. The molecule has 0 aliphatic heterocycles. The summed E-state index contributed by atoms with van der Waals surface area (Å²) in [6.45, 7) is 2.07. The van der Waals surface area contributed by atoms with Gasteiger partial charge in [0.15, 0.2) is 0 Å². The zero-order valence-electron chi connectivity index (χ0n) is 11.6. The molecule has 3 rings (SSSR count). The van der Waals surface area contributed by atoms with Crippen molar-refractivity contribution in [2.75, 3.05) is 17.7 Å². The average Bonchev–Trinajstić information content (AvgIpc) is 3.28. The number of anilines is 3. The van der Waals surface area contributed by atoms with E-state index in [-0.39, 0.29) is 0 Å². The molecule has 0 atom stereocenters. The predicted octanol–water partition coefficient (Wildman–Crippen LogP) is 4.21. The summed E-state index contributed by atoms with van der Waals surface area (Å²) in [6, 6.07) is 8.07. The third-order valence-electron chi connectivity index (χ3n) is 3.40. The number of benzene rings is 1. The van der Waals surface area contributed by atoms with Crippen molar-refractivity contribution in [1.82, 2.24) is 9.97 Å². The minimum absolute atomic E-state index is 0.532. The fraction of sp³-hybridized carbons (Fsp3) is 0.333. The van der Waals surface area contributed by atoms with Crippen molar-refractivity contribution in [1.29, 1.82) is 0 Å². The summed E-state index contributed by atoms with van der Waals surface area (Å²) in [7, 11) is 1.88. The van der Waals surface area contributed by atoms with Crippen LogP contribution in [0.2, 0.25) is 0 Å². The van der Waals surface area contributed by atoms with Crippen molar-refractivity contribution in [2.45, 2.75) is 25.7 Å². The van der Waals surface area contributed by atoms with Crippen LogP contribution in [0.15, 0.2) is 28.7 Å². The molecule has 2 N–H and O–H groups in total. The van der Waals surface area contributed by atoms with E-state index in [0.717, 1.165) is 27.6 Å². The van der Waals surface area contributed by atoms with E-state index < -0.39 is 0 Å². The van der Waals surface area contributed by atoms with Gasteiger partial charge in [0, 0.05) is 23.5 Å². The monoisotopic (exact) mass is 332 g/mol. The van der Waals surface area contributed by atoms with Crippen molar-refractivity contribution in [3.8, 4) is 0 Å². The van der Waals surface area contributed by atoms with Gasteiger partial charge >= 0.3 is 0 Å². The molecular weight excluding hydrogens is 316 g/mol. The Hall–Kier alpha value is -1.62. The SMILES string of the molecule is CNc1cc(Nc2cccc(C)c2Br)nc(C2CC2)n1. The Kier molecular flexibility index (Phi) is 3.61. The quantitative estimate of drug-likeness (QED) is 0.880. The minimum atomic E-state index is 0.532. The number of aromatic nitrogens is 2. The second-order valence-electron chi connectivity index (χ2n) is 5.08. The first-order valence-corrected chi connectivity index (χ1v) is 7.55. The van der Waals surface area contributed by atoms with E-state index in [9.17, 15) is 0 Å². The maximum Gasteiger partial charge on any atom is 0.136 e. The van der Waals surface area contributed by atoms with Crippen LogP contribution >= 0.6 is 15.9 Å². The molecule has 1 aliphatic rings. The van der Waals surface area contributed by atoms with E-state index >= 15 is 0 Å². The van der Waals surface area contributed by atoms with Crippen molar-refractivity contribution < 1.29 is 0 Å². The zero-order valence-corrected chi connectivity index (χ0v) is 13.2. The minimum Gasteiger partial charge on any atom is -0.373 e. The Balaban J connectivity index is 1.93. The van der Waals surface area contributed by atoms with E-state index in [0.29, 0.717) is 5.92 Å². The van der Waals surface area contributed by atoms with Crippen LogP contribution in [0, 0.1) is 6.92 Å². The van der Waals surface area contributed by atoms with Gasteiger partial charge < -0.3 is 10.6 Å². The Morgan fingerprint density at radius 3 is 2.65 bits per heavy atom. The number of rotatable bonds is 4. The fourth-order valence-electron chi connectivity index (χ4n) is 2.06. The highest BCUT2D eigenvalue weighted by Crippen LogP contribution is 2.39. The number of nitrogens with zero attached hydrogens (tertiary/aromatic N) is 2. The van der Waals surface area contributed by atoms with Crippen molar-refractivity contribution in [2.24, 2.45) is 0 Å². The van der Waals surface area contributed by atoms with Crippen LogP contribution in [0.25, 0.3) is 0 Å². The van der Waals surface area contributed by atoms with Crippen LogP contribution in [0.3, 0.4) is 0 Å². The summed E-state index contributed by atoms with van der Waals surface area (Å²) in [5.74, 6) is 3.15. The lowest BCUT2D eigenvalue weighted by Crippen LogP contribution is -2.03. The summed E-state index contributed by atoms with van der Waals surface area (Å²) < 4.78 is 1.07. The average molecular weight is 333 g/mol. The molecule has 0 radical (unpaired) electrons. The number of hydrogen-bond acceptors (Lipinski definition) is 4. The van der Waals surface area contributed by atoms with Gasteiger partial charge in [0.05, 0.1) is 5.69 Å². The third-order valence-corrected chi connectivity index (χ3v) is 4.45. The summed E-state index contributed by atoms with van der Waals surface area (Å²) in [6.07, 6.45) is 2.39. The Morgan fingerprint density at radius 1 is 1.20 bits per heavy atom. The molecule has 1 fully saturated rings. The van der Waals surface area contributed by atoms with Crippen molar-refractivity contribution in [3.63, 3.8) is 0 Å². The molecule has 1 saturated carbocycles. The van der Waals surface area contributed by atoms with Crippen LogP contribution in [0.1, 0.15) is 30.1 Å². The number of aryl methyl sites for hydroxylation is 1. The largest absolute Gasteiger partial charge is 0.373 e. The van der Waals surface area contributed by atoms with Crippen LogP contribution in [-0.2, 0) is 0 Å². The fourth-order valence-corrected chi connectivity index (χ4v) is 2.43. The summed E-state index contributed by atoms with van der Waals surface area (Å²) in [5, 5.41) is 6.47. The number of hydrogen-bond donors (Lipinski definition) is 2. The molecule has 0 unspecified atom stereocenters. The Labute approximate surface area is 127 Å². The van der Waals surface area contributed by atoms with E-state index in [1.165, 1.54) is 18.4 Å². The molecule has 0 saturated heterocycles. The molecule has 0 spiro atoms. The van der Waals surface area contributed by atoms with Crippen LogP contribution in [0.4, 0.5) is 17.3 Å². The molecule has 5 heteroatoms. The van der Waals surface area contributed by atoms with Gasteiger partial charge in [0.25, 0.3) is 0 Å². The zero-order chi connectivity index (χ0) is 14.1. The predicted molar refractivity (Wildman–Crippen MR) is 85.7 cm³/mol. The molecule has 20 heavy (non-hydrogen) atoms. The van der Waals surface area contributed by atoms with Crippen LogP contribution < -0.4 is 10.6 Å². The van der Waals surface area contributed by atoms with E-state index in [1.807, 2.05) is 25.2 Å². The van der Waals surface area contributed by atoms with E-state index in [1.54, 1.807) is 0 Å². The van der Waals surface area contributed by atoms with Gasteiger partial charge in [-0.05, 0) is 47.3 Å². The Bertz CT molecular complexity index is 638. The molecule has 1 aromatic heterocycles. The molecular formula is C15H17BrN4. The molecule has 1 aromatic carbocycles. The Morgan fingerprint density at radius 2 is 1.95 bits per heavy atom. The van der Waals surface area contributed by atoms with E-state index in [4.69, 9.17) is 0 Å². The lowest BCUT2D eigenvalue weighted by Gasteiger charge is -2.12. The number of nitrogens with one attached hydrogen (secondary N) is 2. The van der Waals surface area contributed by atoms with E-state index in [2.05, 4.69) is 49.5 Å². The van der Waals surface area contributed by atoms with Crippen LogP contribution in [0.5, 0.6) is 0 Å². The molecule has 1 heterocycles. The smallest absolute Gasteiger partial charge is 0.136 e. The molecule has 0 bridgehead atoms. The van der Waals surface area contributed by atoms with Gasteiger partial charge in [0.2, 0.25) is 0 Å². The molecule has 1 aliphatic carbocycles. The first kappa shape index (κ1) is 13.4. The van der Waals surface area contributed by atoms with Crippen molar-refractivity contribution in [3.05, 3.63) is 40.1 Å². The standard InChI is InChI=1S/C15H17BrN4/c1-9-4-3-5-11(14(9)16)18-13-8-12(17-2)19-15(20-13)10-6-7-10/h3-5,8,10H,6-7H2,1-2H3,(H2,17,18,19,20). The maximum atomic E-state index is 4.63.